The van der Waals surface area contributed by atoms with Gasteiger partial charge in [0.15, 0.2) is 0 Å². The van der Waals surface area contributed by atoms with Crippen molar-refractivity contribution in [2.75, 3.05) is 12.7 Å². The molecule has 0 aliphatic heterocycles. The molecule has 0 aliphatic rings. The van der Waals surface area contributed by atoms with Gasteiger partial charge in [-0.25, -0.2) is 0 Å². The normalized spacial score (nSPS) is 13.3. The Morgan fingerprint density at radius 1 is 1.16 bits per heavy atom. The number of rotatable bonds is 8. The number of hydrogen-bond donors (Lipinski definition) is 4. The van der Waals surface area contributed by atoms with Crippen LogP contribution in [-0.4, -0.2) is 39.5 Å². The maximum atomic E-state index is 12.5. The molecule has 1 unspecified atom stereocenters. The second-order valence-electron chi connectivity index (χ2n) is 5.38. The molecule has 140 valence electrons. The van der Waals surface area contributed by atoms with Crippen molar-refractivity contribution in [1.29, 1.82) is 0 Å². The number of benzene rings is 1. The number of carbonyl (C=O) groups is 2. The standard InChI is InChI=1S/C14H17F3NO6P/c15-14(16,17)11-3-1-9(2-4-11)7-10(8-25(22,23)24)13(21)18-6-5-12(19)20/h1-4,10H,5-8H2,(H,18,21)(H,19,20)(H2,22,23,24). The molecule has 1 rings (SSSR count). The van der Waals surface area contributed by atoms with Crippen LogP contribution in [0.1, 0.15) is 17.5 Å². The summed E-state index contributed by atoms with van der Waals surface area (Å²) in [6.07, 6.45) is -5.87. The Morgan fingerprint density at radius 3 is 2.16 bits per heavy atom. The molecule has 11 heteroatoms. The number of hydrogen-bond acceptors (Lipinski definition) is 3. The number of alkyl halides is 3. The Labute approximate surface area is 141 Å². The second kappa shape index (κ2) is 8.46. The number of carbonyl (C=O) groups excluding carboxylic acids is 1. The fraction of sp³-hybridized carbons (Fsp3) is 0.429. The van der Waals surface area contributed by atoms with Gasteiger partial charge in [0.25, 0.3) is 0 Å². The smallest absolute Gasteiger partial charge is 0.416 e. The van der Waals surface area contributed by atoms with E-state index < -0.39 is 43.3 Å². The van der Waals surface area contributed by atoms with Crippen molar-refractivity contribution in [3.8, 4) is 0 Å². The number of halogens is 3. The third-order valence-corrected chi connectivity index (χ3v) is 4.15. The summed E-state index contributed by atoms with van der Waals surface area (Å²) in [5.74, 6) is -3.13. The first-order valence-corrected chi connectivity index (χ1v) is 8.88. The quantitative estimate of drug-likeness (QED) is 0.506. The molecule has 0 fully saturated rings. The molecule has 0 heterocycles. The van der Waals surface area contributed by atoms with Gasteiger partial charge in [-0.1, -0.05) is 12.1 Å². The molecule has 0 aliphatic carbocycles. The average Bonchev–Trinajstić information content (AvgIpc) is 2.44. The summed E-state index contributed by atoms with van der Waals surface area (Å²) in [6, 6.07) is 3.87. The van der Waals surface area contributed by atoms with Crippen LogP contribution in [0.2, 0.25) is 0 Å². The average molecular weight is 383 g/mol. The van der Waals surface area contributed by atoms with E-state index in [4.69, 9.17) is 14.9 Å². The Kier molecular flexibility index (Phi) is 7.16. The first-order chi connectivity index (χ1) is 11.4. The lowest BCUT2D eigenvalue weighted by atomic mass is 9.99. The molecule has 1 aromatic rings. The number of amides is 1. The van der Waals surface area contributed by atoms with Crippen molar-refractivity contribution < 1.29 is 42.2 Å². The van der Waals surface area contributed by atoms with Crippen LogP contribution in [0.5, 0.6) is 0 Å². The van der Waals surface area contributed by atoms with Crippen LogP contribution in [-0.2, 0) is 26.8 Å². The Bertz CT molecular complexity index is 656. The summed E-state index contributed by atoms with van der Waals surface area (Å²) in [5.41, 5.74) is -0.589. The summed E-state index contributed by atoms with van der Waals surface area (Å²) in [7, 11) is -4.56. The molecular formula is C14H17F3NO6P. The minimum absolute atomic E-state index is 0.192. The van der Waals surface area contributed by atoms with E-state index in [1.807, 2.05) is 0 Å². The number of nitrogens with one attached hydrogen (secondary N) is 1. The van der Waals surface area contributed by atoms with Crippen molar-refractivity contribution in [3.05, 3.63) is 35.4 Å². The van der Waals surface area contributed by atoms with Gasteiger partial charge >= 0.3 is 19.7 Å². The van der Waals surface area contributed by atoms with Gasteiger partial charge in [0.2, 0.25) is 5.91 Å². The topological polar surface area (TPSA) is 124 Å². The predicted octanol–water partition coefficient (Wildman–Crippen LogP) is 1.63. The zero-order chi connectivity index (χ0) is 19.3. The van der Waals surface area contributed by atoms with Crippen LogP contribution >= 0.6 is 7.60 Å². The third kappa shape index (κ3) is 8.15. The highest BCUT2D eigenvalue weighted by atomic mass is 31.2. The lowest BCUT2D eigenvalue weighted by molar-refractivity contribution is -0.138. The summed E-state index contributed by atoms with van der Waals surface area (Å²) in [5, 5.41) is 10.8. The van der Waals surface area contributed by atoms with Gasteiger partial charge in [-0.3, -0.25) is 14.2 Å². The van der Waals surface area contributed by atoms with Crippen molar-refractivity contribution in [2.45, 2.75) is 19.0 Å². The second-order valence-corrected chi connectivity index (χ2v) is 7.07. The van der Waals surface area contributed by atoms with Gasteiger partial charge in [-0.2, -0.15) is 13.2 Å². The minimum Gasteiger partial charge on any atom is -0.481 e. The zero-order valence-electron chi connectivity index (χ0n) is 12.9. The molecule has 1 atom stereocenters. The predicted molar refractivity (Wildman–Crippen MR) is 80.8 cm³/mol. The lowest BCUT2D eigenvalue weighted by Crippen LogP contribution is -2.35. The molecule has 0 radical (unpaired) electrons. The van der Waals surface area contributed by atoms with Gasteiger partial charge < -0.3 is 20.2 Å². The molecule has 0 bridgehead atoms. The van der Waals surface area contributed by atoms with E-state index in [9.17, 15) is 27.3 Å². The zero-order valence-corrected chi connectivity index (χ0v) is 13.8. The maximum Gasteiger partial charge on any atom is 0.416 e. The molecule has 25 heavy (non-hydrogen) atoms. The van der Waals surface area contributed by atoms with Crippen molar-refractivity contribution in [2.24, 2.45) is 5.92 Å². The molecule has 7 nitrogen and oxygen atoms in total. The molecule has 0 aromatic heterocycles. The molecule has 1 amide bonds. The molecule has 0 spiro atoms. The highest BCUT2D eigenvalue weighted by Crippen LogP contribution is 2.38. The monoisotopic (exact) mass is 383 g/mol. The molecular weight excluding hydrogens is 366 g/mol. The molecule has 0 saturated heterocycles. The first-order valence-electron chi connectivity index (χ1n) is 7.08. The largest absolute Gasteiger partial charge is 0.481 e. The maximum absolute atomic E-state index is 12.5. The van der Waals surface area contributed by atoms with E-state index >= 15 is 0 Å². The molecule has 0 saturated carbocycles. The summed E-state index contributed by atoms with van der Waals surface area (Å²) < 4.78 is 48.7. The highest BCUT2D eigenvalue weighted by Gasteiger charge is 2.31. The number of aliphatic carboxylic acids is 1. The van der Waals surface area contributed by atoms with Crippen molar-refractivity contribution in [1.82, 2.24) is 5.32 Å². The molecule has 1 aromatic carbocycles. The minimum atomic E-state index is -4.56. The first kappa shape index (κ1) is 21.1. The summed E-state index contributed by atoms with van der Waals surface area (Å²) in [4.78, 5) is 40.6. The van der Waals surface area contributed by atoms with Crippen molar-refractivity contribution in [3.63, 3.8) is 0 Å². The van der Waals surface area contributed by atoms with E-state index in [0.717, 1.165) is 24.3 Å². The van der Waals surface area contributed by atoms with Crippen LogP contribution in [0.3, 0.4) is 0 Å². The highest BCUT2D eigenvalue weighted by molar-refractivity contribution is 7.51. The summed E-state index contributed by atoms with van der Waals surface area (Å²) >= 11 is 0. The van der Waals surface area contributed by atoms with Gasteiger partial charge in [0.1, 0.15) is 0 Å². The molecule has 4 N–H and O–H groups in total. The fourth-order valence-corrected chi connectivity index (χ4v) is 2.95. The SMILES string of the molecule is O=C(O)CCNC(=O)C(Cc1ccc(C(F)(F)F)cc1)CP(=O)(O)O. The van der Waals surface area contributed by atoms with Crippen molar-refractivity contribution >= 4 is 19.5 Å². The van der Waals surface area contributed by atoms with E-state index in [2.05, 4.69) is 5.32 Å². The van der Waals surface area contributed by atoms with Gasteiger partial charge in [0.05, 0.1) is 24.1 Å². The van der Waals surface area contributed by atoms with E-state index in [0.29, 0.717) is 5.56 Å². The van der Waals surface area contributed by atoms with E-state index in [1.54, 1.807) is 0 Å². The third-order valence-electron chi connectivity index (χ3n) is 3.23. The van der Waals surface area contributed by atoms with Gasteiger partial charge in [-0.15, -0.1) is 0 Å². The van der Waals surface area contributed by atoms with Crippen LogP contribution in [0, 0.1) is 5.92 Å². The summed E-state index contributed by atoms with van der Waals surface area (Å²) in [6.45, 7) is -0.223. The number of carboxylic acids is 1. The number of carboxylic acid groups (broad SMARTS) is 1. The Hall–Kier alpha value is -1.90. The van der Waals surface area contributed by atoms with E-state index in [-0.39, 0.29) is 19.4 Å². The van der Waals surface area contributed by atoms with E-state index in [1.165, 1.54) is 0 Å². The Balaban J connectivity index is 2.84. The Morgan fingerprint density at radius 2 is 1.72 bits per heavy atom. The fourth-order valence-electron chi connectivity index (χ4n) is 2.08. The van der Waals surface area contributed by atoms with Crippen LogP contribution in [0.25, 0.3) is 0 Å². The lowest BCUT2D eigenvalue weighted by Gasteiger charge is -2.18. The van der Waals surface area contributed by atoms with Crippen LogP contribution in [0.4, 0.5) is 13.2 Å². The van der Waals surface area contributed by atoms with Crippen LogP contribution < -0.4 is 5.32 Å². The van der Waals surface area contributed by atoms with Crippen LogP contribution in [0.15, 0.2) is 24.3 Å². The van der Waals surface area contributed by atoms with Gasteiger partial charge in [-0.05, 0) is 24.1 Å². The van der Waals surface area contributed by atoms with Gasteiger partial charge in [0, 0.05) is 6.54 Å².